The summed E-state index contributed by atoms with van der Waals surface area (Å²) in [6, 6.07) is 18.1. The van der Waals surface area contributed by atoms with Gasteiger partial charge in [-0.2, -0.15) is 0 Å². The molecule has 1 saturated heterocycles. The first-order valence-corrected chi connectivity index (χ1v) is 11.8. The van der Waals surface area contributed by atoms with Crippen LogP contribution in [0.1, 0.15) is 36.6 Å². The molecule has 1 atom stereocenters. The predicted molar refractivity (Wildman–Crippen MR) is 141 cm³/mol. The van der Waals surface area contributed by atoms with Gasteiger partial charge in [0.05, 0.1) is 25.8 Å². The van der Waals surface area contributed by atoms with Crippen LogP contribution in [-0.2, 0) is 20.8 Å². The SMILES string of the molecule is CCc1ccc(C2/C(=C(/O)c3ccc(OC)c(OC)c3)C(=O)C(=O)N2c2ccc(NC(C)=O)cc2)cc1. The molecular formula is C29H28N2O6. The molecule has 1 unspecified atom stereocenters. The molecule has 0 aromatic heterocycles. The van der Waals surface area contributed by atoms with Crippen LogP contribution in [0, 0.1) is 0 Å². The Bertz CT molecular complexity index is 1380. The zero-order valence-electron chi connectivity index (χ0n) is 21.1. The van der Waals surface area contributed by atoms with Crippen molar-refractivity contribution in [3.63, 3.8) is 0 Å². The third-order valence-electron chi connectivity index (χ3n) is 6.27. The number of methoxy groups -OCH3 is 2. The molecule has 0 saturated carbocycles. The second-order valence-electron chi connectivity index (χ2n) is 8.56. The number of ether oxygens (including phenoxy) is 2. The van der Waals surface area contributed by atoms with Gasteiger partial charge in [0.15, 0.2) is 11.5 Å². The fourth-order valence-electron chi connectivity index (χ4n) is 4.40. The number of Topliss-reactive ketones (excluding diaryl/α,β-unsaturated/α-hetero) is 1. The van der Waals surface area contributed by atoms with Crippen LogP contribution in [-0.4, -0.2) is 36.9 Å². The molecule has 0 spiro atoms. The number of anilines is 2. The second kappa shape index (κ2) is 10.6. The summed E-state index contributed by atoms with van der Waals surface area (Å²) in [5, 5.41) is 14.1. The quantitative estimate of drug-likeness (QED) is 0.273. The van der Waals surface area contributed by atoms with E-state index in [1.165, 1.54) is 26.0 Å². The Hall–Kier alpha value is -4.59. The van der Waals surface area contributed by atoms with Crippen LogP contribution in [0.3, 0.4) is 0 Å². The fraction of sp³-hybridized carbons (Fsp3) is 0.207. The van der Waals surface area contributed by atoms with Gasteiger partial charge in [0.1, 0.15) is 5.76 Å². The molecule has 2 amide bonds. The number of ketones is 1. The van der Waals surface area contributed by atoms with Crippen molar-refractivity contribution in [2.75, 3.05) is 24.4 Å². The van der Waals surface area contributed by atoms with Crippen LogP contribution < -0.4 is 19.7 Å². The first-order valence-electron chi connectivity index (χ1n) is 11.8. The molecule has 8 nitrogen and oxygen atoms in total. The molecule has 190 valence electrons. The minimum atomic E-state index is -0.870. The van der Waals surface area contributed by atoms with Crippen molar-refractivity contribution >= 4 is 34.7 Å². The monoisotopic (exact) mass is 500 g/mol. The van der Waals surface area contributed by atoms with E-state index in [0.717, 1.165) is 12.0 Å². The molecule has 8 heteroatoms. The minimum Gasteiger partial charge on any atom is -0.507 e. The van der Waals surface area contributed by atoms with Crippen LogP contribution in [0.5, 0.6) is 11.5 Å². The zero-order valence-corrected chi connectivity index (χ0v) is 21.1. The molecule has 1 aliphatic heterocycles. The highest BCUT2D eigenvalue weighted by Crippen LogP contribution is 2.43. The molecule has 3 aromatic carbocycles. The van der Waals surface area contributed by atoms with Gasteiger partial charge in [-0.25, -0.2) is 0 Å². The summed E-state index contributed by atoms with van der Waals surface area (Å²) >= 11 is 0. The Morgan fingerprint density at radius 1 is 0.946 bits per heavy atom. The van der Waals surface area contributed by atoms with Crippen LogP contribution >= 0.6 is 0 Å². The number of rotatable bonds is 7. The van der Waals surface area contributed by atoms with Crippen molar-refractivity contribution in [1.82, 2.24) is 0 Å². The first-order chi connectivity index (χ1) is 17.8. The first kappa shape index (κ1) is 25.5. The third-order valence-corrected chi connectivity index (χ3v) is 6.27. The Morgan fingerprint density at radius 2 is 1.59 bits per heavy atom. The number of benzene rings is 3. The topological polar surface area (TPSA) is 105 Å². The number of nitrogens with zero attached hydrogens (tertiary/aromatic N) is 1. The highest BCUT2D eigenvalue weighted by Gasteiger charge is 2.47. The standard InChI is InChI=1S/C29H28N2O6/c1-5-18-6-8-19(9-7-18)26-25(27(33)20-10-15-23(36-3)24(16-20)37-4)28(34)29(35)31(26)22-13-11-21(12-14-22)30-17(2)32/h6-16,26,33H,5H2,1-4H3,(H,30,32)/b27-25-. The molecule has 1 fully saturated rings. The lowest BCUT2D eigenvalue weighted by molar-refractivity contribution is -0.132. The fourth-order valence-corrected chi connectivity index (χ4v) is 4.40. The number of hydrogen-bond acceptors (Lipinski definition) is 6. The van der Waals surface area contributed by atoms with E-state index in [9.17, 15) is 19.5 Å². The van der Waals surface area contributed by atoms with Gasteiger partial charge in [0.2, 0.25) is 5.91 Å². The molecule has 1 aliphatic rings. The lowest BCUT2D eigenvalue weighted by Crippen LogP contribution is -2.29. The highest BCUT2D eigenvalue weighted by atomic mass is 16.5. The van der Waals surface area contributed by atoms with Crippen molar-refractivity contribution in [2.45, 2.75) is 26.3 Å². The third kappa shape index (κ3) is 4.91. The van der Waals surface area contributed by atoms with Crippen molar-refractivity contribution in [2.24, 2.45) is 0 Å². The summed E-state index contributed by atoms with van der Waals surface area (Å²) in [5.41, 5.74) is 3.05. The van der Waals surface area contributed by atoms with Crippen molar-refractivity contribution in [3.05, 3.63) is 89.0 Å². The van der Waals surface area contributed by atoms with E-state index in [2.05, 4.69) is 5.32 Å². The normalized spacial score (nSPS) is 16.5. The molecule has 1 heterocycles. The number of nitrogens with one attached hydrogen (secondary N) is 1. The molecular weight excluding hydrogens is 472 g/mol. The summed E-state index contributed by atoms with van der Waals surface area (Å²) < 4.78 is 10.6. The summed E-state index contributed by atoms with van der Waals surface area (Å²) in [5.74, 6) is -1.27. The lowest BCUT2D eigenvalue weighted by atomic mass is 9.94. The van der Waals surface area contributed by atoms with Crippen molar-refractivity contribution < 1.29 is 29.0 Å². The van der Waals surface area contributed by atoms with Gasteiger partial charge in [-0.15, -0.1) is 0 Å². The largest absolute Gasteiger partial charge is 0.507 e. The molecule has 37 heavy (non-hydrogen) atoms. The smallest absolute Gasteiger partial charge is 0.300 e. The van der Waals surface area contributed by atoms with Crippen LogP contribution in [0.25, 0.3) is 5.76 Å². The number of aliphatic hydroxyl groups excluding tert-OH is 1. The zero-order chi connectivity index (χ0) is 26.7. The summed E-state index contributed by atoms with van der Waals surface area (Å²) in [7, 11) is 2.97. The van der Waals surface area contributed by atoms with E-state index in [1.807, 2.05) is 31.2 Å². The molecule has 2 N–H and O–H groups in total. The van der Waals surface area contributed by atoms with Gasteiger partial charge in [-0.3, -0.25) is 19.3 Å². The summed E-state index contributed by atoms with van der Waals surface area (Å²) in [6.07, 6.45) is 0.830. The number of hydrogen-bond donors (Lipinski definition) is 2. The van der Waals surface area contributed by atoms with Crippen molar-refractivity contribution in [3.8, 4) is 11.5 Å². The van der Waals surface area contributed by atoms with E-state index in [4.69, 9.17) is 9.47 Å². The Morgan fingerprint density at radius 3 is 2.16 bits per heavy atom. The number of carbonyl (C=O) groups is 3. The number of aliphatic hydroxyl groups is 1. The van der Waals surface area contributed by atoms with Crippen molar-refractivity contribution in [1.29, 1.82) is 0 Å². The second-order valence-corrected chi connectivity index (χ2v) is 8.56. The van der Waals surface area contributed by atoms with E-state index in [-0.39, 0.29) is 17.2 Å². The van der Waals surface area contributed by atoms with Gasteiger partial charge < -0.3 is 19.9 Å². The lowest BCUT2D eigenvalue weighted by Gasteiger charge is -2.26. The van der Waals surface area contributed by atoms with Crippen LogP contribution in [0.4, 0.5) is 11.4 Å². The number of aryl methyl sites for hydroxylation is 1. The van der Waals surface area contributed by atoms with Gasteiger partial charge in [-0.1, -0.05) is 31.2 Å². The predicted octanol–water partition coefficient (Wildman–Crippen LogP) is 4.85. The average Bonchev–Trinajstić information content (AvgIpc) is 3.18. The van der Waals surface area contributed by atoms with E-state index in [0.29, 0.717) is 34.0 Å². The summed E-state index contributed by atoms with van der Waals surface area (Å²) in [4.78, 5) is 39.5. The minimum absolute atomic E-state index is 0.0348. The molecule has 0 aliphatic carbocycles. The van der Waals surface area contributed by atoms with Crippen LogP contribution in [0.15, 0.2) is 72.3 Å². The van der Waals surface area contributed by atoms with E-state index in [1.54, 1.807) is 42.5 Å². The van der Waals surface area contributed by atoms with Gasteiger partial charge in [-0.05, 0) is 60.0 Å². The molecule has 4 rings (SSSR count). The Labute approximate surface area is 215 Å². The maximum Gasteiger partial charge on any atom is 0.300 e. The van der Waals surface area contributed by atoms with Gasteiger partial charge >= 0.3 is 0 Å². The van der Waals surface area contributed by atoms with Gasteiger partial charge in [0.25, 0.3) is 11.7 Å². The number of carbonyl (C=O) groups excluding carboxylic acids is 3. The molecule has 3 aromatic rings. The average molecular weight is 501 g/mol. The molecule has 0 radical (unpaired) electrons. The van der Waals surface area contributed by atoms with Gasteiger partial charge in [0, 0.05) is 23.9 Å². The Balaban J connectivity index is 1.88. The Kier molecular flexibility index (Phi) is 7.29. The number of amides is 2. The van der Waals surface area contributed by atoms with E-state index >= 15 is 0 Å². The maximum absolute atomic E-state index is 13.4. The van der Waals surface area contributed by atoms with Crippen LogP contribution in [0.2, 0.25) is 0 Å². The summed E-state index contributed by atoms with van der Waals surface area (Å²) in [6.45, 7) is 3.44. The highest BCUT2D eigenvalue weighted by molar-refractivity contribution is 6.51. The molecule has 0 bridgehead atoms. The van der Waals surface area contributed by atoms with E-state index < -0.39 is 17.7 Å². The maximum atomic E-state index is 13.4.